The first-order valence-electron chi connectivity index (χ1n) is 10.8. The molecule has 0 spiro atoms. The minimum absolute atomic E-state index is 0.0912. The Morgan fingerprint density at radius 2 is 1.91 bits per heavy atom. The van der Waals surface area contributed by atoms with Crippen molar-refractivity contribution in [2.24, 2.45) is 0 Å². The molecule has 1 N–H and O–H groups in total. The van der Waals surface area contributed by atoms with Crippen molar-refractivity contribution < 1.29 is 18.7 Å². The van der Waals surface area contributed by atoms with Gasteiger partial charge in [-0.05, 0) is 57.0 Å². The maximum absolute atomic E-state index is 14.1. The van der Waals surface area contributed by atoms with Crippen LogP contribution < -0.4 is 10.1 Å². The maximum Gasteiger partial charge on any atom is 0.243 e. The molecule has 0 fully saturated rings. The van der Waals surface area contributed by atoms with Gasteiger partial charge in [-0.15, -0.1) is 11.8 Å². The van der Waals surface area contributed by atoms with Crippen LogP contribution in [-0.2, 0) is 21.9 Å². The quantitative estimate of drug-likeness (QED) is 0.477. The van der Waals surface area contributed by atoms with Crippen molar-refractivity contribution in [1.82, 2.24) is 10.2 Å². The molecular formula is C25H32ClFN2O3S. The normalized spacial score (nSPS) is 12.2. The number of carbonyl (C=O) groups is 2. The molecule has 2 amide bonds. The van der Waals surface area contributed by atoms with Gasteiger partial charge in [0, 0.05) is 28.4 Å². The highest BCUT2D eigenvalue weighted by molar-refractivity contribution is 7.99. The summed E-state index contributed by atoms with van der Waals surface area (Å²) in [5.41, 5.74) is 0.798. The van der Waals surface area contributed by atoms with E-state index in [1.165, 1.54) is 17.8 Å². The van der Waals surface area contributed by atoms with E-state index < -0.39 is 17.4 Å². The first kappa shape index (κ1) is 27.0. The van der Waals surface area contributed by atoms with E-state index in [-0.39, 0.29) is 29.9 Å². The fourth-order valence-electron chi connectivity index (χ4n) is 3.33. The Balaban J connectivity index is 2.22. The number of methoxy groups -OCH3 is 1. The third-order valence-electron chi connectivity index (χ3n) is 4.90. The van der Waals surface area contributed by atoms with Crippen LogP contribution in [0.15, 0.2) is 42.5 Å². The number of halogens is 2. The average molecular weight is 495 g/mol. The monoisotopic (exact) mass is 494 g/mol. The minimum Gasteiger partial charge on any atom is -0.497 e. The first-order chi connectivity index (χ1) is 15.6. The lowest BCUT2D eigenvalue weighted by Crippen LogP contribution is -2.53. The highest BCUT2D eigenvalue weighted by Crippen LogP contribution is 2.25. The SMILES string of the molecule is CCC(C(=O)NC(C)(C)C)N(Cc1cccc(OC)c1)C(=O)CSCc1c(F)cccc1Cl. The summed E-state index contributed by atoms with van der Waals surface area (Å²) in [6.07, 6.45) is 0.460. The molecule has 1 unspecified atom stereocenters. The second-order valence-electron chi connectivity index (χ2n) is 8.73. The van der Waals surface area contributed by atoms with Crippen LogP contribution in [0.5, 0.6) is 5.75 Å². The molecule has 0 saturated heterocycles. The Labute approximate surface area is 205 Å². The molecule has 1 atom stereocenters. The summed E-state index contributed by atoms with van der Waals surface area (Å²) in [7, 11) is 1.58. The lowest BCUT2D eigenvalue weighted by atomic mass is 10.1. The molecule has 0 aliphatic carbocycles. The van der Waals surface area contributed by atoms with Crippen molar-refractivity contribution in [3.63, 3.8) is 0 Å². The van der Waals surface area contributed by atoms with Crippen molar-refractivity contribution in [2.75, 3.05) is 12.9 Å². The van der Waals surface area contributed by atoms with Gasteiger partial charge < -0.3 is 15.0 Å². The summed E-state index contributed by atoms with van der Waals surface area (Å²) < 4.78 is 19.4. The largest absolute Gasteiger partial charge is 0.497 e. The Bertz CT molecular complexity index is 945. The van der Waals surface area contributed by atoms with Crippen LogP contribution >= 0.6 is 23.4 Å². The van der Waals surface area contributed by atoms with E-state index >= 15 is 0 Å². The van der Waals surface area contributed by atoms with E-state index in [1.807, 2.05) is 52.0 Å². The lowest BCUT2D eigenvalue weighted by molar-refractivity contribution is -0.140. The van der Waals surface area contributed by atoms with E-state index in [9.17, 15) is 14.0 Å². The zero-order valence-electron chi connectivity index (χ0n) is 19.8. The van der Waals surface area contributed by atoms with Crippen molar-refractivity contribution in [3.8, 4) is 5.75 Å². The van der Waals surface area contributed by atoms with E-state index in [4.69, 9.17) is 16.3 Å². The smallest absolute Gasteiger partial charge is 0.243 e. The van der Waals surface area contributed by atoms with E-state index in [1.54, 1.807) is 24.1 Å². The van der Waals surface area contributed by atoms with Crippen molar-refractivity contribution in [2.45, 2.75) is 58.0 Å². The highest BCUT2D eigenvalue weighted by atomic mass is 35.5. The molecule has 0 bridgehead atoms. The van der Waals surface area contributed by atoms with Crippen LogP contribution in [-0.4, -0.2) is 41.2 Å². The Morgan fingerprint density at radius 3 is 2.52 bits per heavy atom. The van der Waals surface area contributed by atoms with Crippen molar-refractivity contribution in [1.29, 1.82) is 0 Å². The van der Waals surface area contributed by atoms with Gasteiger partial charge in [-0.2, -0.15) is 0 Å². The number of amides is 2. The van der Waals surface area contributed by atoms with Gasteiger partial charge in [0.15, 0.2) is 0 Å². The number of hydrogen-bond donors (Lipinski definition) is 1. The van der Waals surface area contributed by atoms with Crippen LogP contribution in [0.4, 0.5) is 4.39 Å². The predicted octanol–water partition coefficient (Wildman–Crippen LogP) is 5.44. The van der Waals surface area contributed by atoms with Gasteiger partial charge in [0.05, 0.1) is 12.9 Å². The number of benzene rings is 2. The number of nitrogens with zero attached hydrogens (tertiary/aromatic N) is 1. The number of hydrogen-bond acceptors (Lipinski definition) is 4. The molecule has 0 aliphatic rings. The fraction of sp³-hybridized carbons (Fsp3) is 0.440. The average Bonchev–Trinajstić information content (AvgIpc) is 2.74. The number of carbonyl (C=O) groups excluding carboxylic acids is 2. The van der Waals surface area contributed by atoms with E-state index in [2.05, 4.69) is 5.32 Å². The van der Waals surface area contributed by atoms with Crippen LogP contribution in [0.1, 0.15) is 45.2 Å². The second-order valence-corrected chi connectivity index (χ2v) is 10.1. The standard InChI is InChI=1S/C25H32ClFN2O3S/c1-6-22(24(31)28-25(2,3)4)29(14-17-9-7-10-18(13-17)32-5)23(30)16-33-15-19-20(26)11-8-12-21(19)27/h7-13,22H,6,14-16H2,1-5H3,(H,28,31). The third-order valence-corrected chi connectivity index (χ3v) is 6.20. The third kappa shape index (κ3) is 8.23. The van der Waals surface area contributed by atoms with Gasteiger partial charge in [-0.3, -0.25) is 9.59 Å². The lowest BCUT2D eigenvalue weighted by Gasteiger charge is -2.33. The molecule has 8 heteroatoms. The topological polar surface area (TPSA) is 58.6 Å². The number of rotatable bonds is 10. The molecule has 0 aromatic heterocycles. The number of thioether (sulfide) groups is 1. The molecule has 0 radical (unpaired) electrons. The Morgan fingerprint density at radius 1 is 1.21 bits per heavy atom. The molecule has 33 heavy (non-hydrogen) atoms. The molecular weight excluding hydrogens is 463 g/mol. The number of nitrogens with one attached hydrogen (secondary N) is 1. The van der Waals surface area contributed by atoms with Crippen LogP contribution in [0.2, 0.25) is 5.02 Å². The van der Waals surface area contributed by atoms with Crippen LogP contribution in [0, 0.1) is 5.82 Å². The minimum atomic E-state index is -0.638. The van der Waals surface area contributed by atoms with Gasteiger partial charge in [-0.1, -0.05) is 36.7 Å². The van der Waals surface area contributed by atoms with Crippen LogP contribution in [0.25, 0.3) is 0 Å². The van der Waals surface area contributed by atoms with E-state index in [0.29, 0.717) is 22.8 Å². The van der Waals surface area contributed by atoms with Gasteiger partial charge in [0.1, 0.15) is 17.6 Å². The van der Waals surface area contributed by atoms with Crippen LogP contribution in [0.3, 0.4) is 0 Å². The number of ether oxygens (including phenoxy) is 1. The molecule has 5 nitrogen and oxygen atoms in total. The van der Waals surface area contributed by atoms with Gasteiger partial charge in [0.25, 0.3) is 0 Å². The Hall–Kier alpha value is -2.25. The molecule has 0 heterocycles. The second kappa shape index (κ2) is 12.3. The molecule has 180 valence electrons. The maximum atomic E-state index is 14.1. The fourth-order valence-corrected chi connectivity index (χ4v) is 4.58. The summed E-state index contributed by atoms with van der Waals surface area (Å²) in [4.78, 5) is 27.9. The molecule has 0 aliphatic heterocycles. The summed E-state index contributed by atoms with van der Waals surface area (Å²) in [5, 5.41) is 3.31. The van der Waals surface area contributed by atoms with Gasteiger partial charge in [-0.25, -0.2) is 4.39 Å². The molecule has 0 saturated carbocycles. The predicted molar refractivity (Wildman–Crippen MR) is 133 cm³/mol. The zero-order valence-corrected chi connectivity index (χ0v) is 21.4. The van der Waals surface area contributed by atoms with Crippen molar-refractivity contribution in [3.05, 3.63) is 64.4 Å². The Kier molecular flexibility index (Phi) is 10.0. The van der Waals surface area contributed by atoms with Gasteiger partial charge >= 0.3 is 0 Å². The first-order valence-corrected chi connectivity index (χ1v) is 12.3. The summed E-state index contributed by atoms with van der Waals surface area (Å²) in [5.74, 6) is 0.223. The molecule has 2 aromatic carbocycles. The summed E-state index contributed by atoms with van der Waals surface area (Å²) in [6.45, 7) is 7.84. The van der Waals surface area contributed by atoms with E-state index in [0.717, 1.165) is 5.56 Å². The zero-order chi connectivity index (χ0) is 24.6. The highest BCUT2D eigenvalue weighted by Gasteiger charge is 2.30. The molecule has 2 aromatic rings. The summed E-state index contributed by atoms with van der Waals surface area (Å²) in [6, 6.07) is 11.3. The van der Waals surface area contributed by atoms with Crippen molar-refractivity contribution >= 4 is 35.2 Å². The van der Waals surface area contributed by atoms with Gasteiger partial charge in [0.2, 0.25) is 11.8 Å². The molecule has 2 rings (SSSR count). The summed E-state index contributed by atoms with van der Waals surface area (Å²) >= 11 is 7.38.